The van der Waals surface area contributed by atoms with Crippen molar-refractivity contribution >= 4 is 17.9 Å². The number of esters is 3. The molecular weight excluding hydrogens is 841 g/mol. The number of rotatable bonds is 56. The average molecular weight is 958 g/mol. The van der Waals surface area contributed by atoms with E-state index in [9.17, 15) is 14.4 Å². The van der Waals surface area contributed by atoms with E-state index in [0.717, 1.165) is 70.6 Å². The fraction of sp³-hybridized carbons (Fsp3) is 0.887. The van der Waals surface area contributed by atoms with Crippen molar-refractivity contribution in [3.8, 4) is 0 Å². The van der Waals surface area contributed by atoms with Gasteiger partial charge in [-0.3, -0.25) is 14.4 Å². The van der Waals surface area contributed by atoms with Crippen LogP contribution in [0.1, 0.15) is 335 Å². The van der Waals surface area contributed by atoms with Gasteiger partial charge in [0, 0.05) is 19.3 Å². The van der Waals surface area contributed by atoms with E-state index >= 15 is 0 Å². The molecule has 0 aliphatic carbocycles. The summed E-state index contributed by atoms with van der Waals surface area (Å²) in [7, 11) is 0. The third-order valence-corrected chi connectivity index (χ3v) is 13.7. The SMILES string of the molecule is CCCCCCCCC/C=C\CCCCCCCC(=O)OC(COC(=O)CCCCCCC)COC(=O)CCCCCCCCCCCCCCCCCCC/C=C\CCCCCCCCCC. The maximum atomic E-state index is 12.8. The highest BCUT2D eigenvalue weighted by Gasteiger charge is 2.19. The van der Waals surface area contributed by atoms with Gasteiger partial charge < -0.3 is 14.2 Å². The van der Waals surface area contributed by atoms with Crippen LogP contribution in [0, 0.1) is 0 Å². The van der Waals surface area contributed by atoms with Crippen LogP contribution in [0.15, 0.2) is 24.3 Å². The molecule has 0 saturated heterocycles. The second-order valence-corrected chi connectivity index (χ2v) is 20.6. The molecule has 0 radical (unpaired) electrons. The third kappa shape index (κ3) is 54.8. The highest BCUT2D eigenvalue weighted by Crippen LogP contribution is 2.17. The van der Waals surface area contributed by atoms with Gasteiger partial charge >= 0.3 is 17.9 Å². The molecule has 68 heavy (non-hydrogen) atoms. The number of hydrogen-bond donors (Lipinski definition) is 0. The number of carbonyl (C=O) groups is 3. The first-order valence-electron chi connectivity index (χ1n) is 30.3. The van der Waals surface area contributed by atoms with Crippen LogP contribution in [0.4, 0.5) is 0 Å². The summed E-state index contributed by atoms with van der Waals surface area (Å²) in [4.78, 5) is 37.8. The zero-order valence-electron chi connectivity index (χ0n) is 45.9. The Morgan fingerprint density at radius 1 is 0.279 bits per heavy atom. The zero-order chi connectivity index (χ0) is 49.3. The maximum Gasteiger partial charge on any atom is 0.306 e. The standard InChI is InChI=1S/C62H116O6/c1-4-7-10-13-15-17-19-21-23-25-26-27-28-29-30-31-32-33-34-35-36-37-39-40-42-44-46-49-52-55-61(64)67-58-59(57-66-60(63)54-51-48-12-9-6-3)68-62(65)56-53-50-47-45-43-41-38-24-22-20-18-16-14-11-8-5-2/h24-26,38,59H,4-23,27-37,39-58H2,1-3H3/b26-25-,38-24-. The first-order chi connectivity index (χ1) is 33.5. The Hall–Kier alpha value is -2.11. The normalized spacial score (nSPS) is 12.1. The molecule has 0 N–H and O–H groups in total. The molecule has 0 amide bonds. The Kier molecular flexibility index (Phi) is 55.7. The van der Waals surface area contributed by atoms with Gasteiger partial charge in [0.25, 0.3) is 0 Å². The van der Waals surface area contributed by atoms with Gasteiger partial charge in [-0.2, -0.15) is 0 Å². The van der Waals surface area contributed by atoms with Gasteiger partial charge in [0.1, 0.15) is 13.2 Å². The van der Waals surface area contributed by atoms with Gasteiger partial charge in [-0.25, -0.2) is 0 Å². The maximum absolute atomic E-state index is 12.8. The van der Waals surface area contributed by atoms with E-state index in [-0.39, 0.29) is 31.1 Å². The molecular formula is C62H116O6. The van der Waals surface area contributed by atoms with Crippen LogP contribution in [0.2, 0.25) is 0 Å². The monoisotopic (exact) mass is 957 g/mol. The molecule has 0 rings (SSSR count). The van der Waals surface area contributed by atoms with Gasteiger partial charge in [0.2, 0.25) is 0 Å². The molecule has 1 unspecified atom stereocenters. The molecule has 0 saturated carbocycles. The van der Waals surface area contributed by atoms with E-state index in [0.29, 0.717) is 19.3 Å². The fourth-order valence-corrected chi connectivity index (χ4v) is 9.08. The van der Waals surface area contributed by atoms with Crippen LogP contribution < -0.4 is 0 Å². The third-order valence-electron chi connectivity index (χ3n) is 13.7. The van der Waals surface area contributed by atoms with Crippen molar-refractivity contribution in [1.29, 1.82) is 0 Å². The number of allylic oxidation sites excluding steroid dienone is 4. The molecule has 0 bridgehead atoms. The van der Waals surface area contributed by atoms with Gasteiger partial charge in [0.15, 0.2) is 6.10 Å². The van der Waals surface area contributed by atoms with Crippen LogP contribution in [-0.4, -0.2) is 37.2 Å². The quantitative estimate of drug-likeness (QED) is 0.0262. The lowest BCUT2D eigenvalue weighted by atomic mass is 10.0. The van der Waals surface area contributed by atoms with Crippen molar-refractivity contribution in [3.63, 3.8) is 0 Å². The lowest BCUT2D eigenvalue weighted by molar-refractivity contribution is -0.167. The minimum absolute atomic E-state index is 0.0709. The average Bonchev–Trinajstić information content (AvgIpc) is 3.34. The summed E-state index contributed by atoms with van der Waals surface area (Å²) in [6.45, 7) is 6.59. The molecule has 0 aromatic heterocycles. The Morgan fingerprint density at radius 3 is 0.735 bits per heavy atom. The number of hydrogen-bond acceptors (Lipinski definition) is 6. The topological polar surface area (TPSA) is 78.9 Å². The highest BCUT2D eigenvalue weighted by atomic mass is 16.6. The second-order valence-electron chi connectivity index (χ2n) is 20.6. The first kappa shape index (κ1) is 65.9. The highest BCUT2D eigenvalue weighted by molar-refractivity contribution is 5.71. The molecule has 6 heteroatoms. The lowest BCUT2D eigenvalue weighted by Crippen LogP contribution is -2.30. The van der Waals surface area contributed by atoms with Gasteiger partial charge in [-0.05, 0) is 70.6 Å². The number of ether oxygens (including phenoxy) is 3. The van der Waals surface area contributed by atoms with Crippen molar-refractivity contribution < 1.29 is 28.6 Å². The Balaban J connectivity index is 3.95. The molecule has 0 aliphatic rings. The zero-order valence-corrected chi connectivity index (χ0v) is 45.9. The summed E-state index contributed by atoms with van der Waals surface area (Å²) >= 11 is 0. The summed E-state index contributed by atoms with van der Waals surface area (Å²) in [5.41, 5.74) is 0. The molecule has 0 heterocycles. The van der Waals surface area contributed by atoms with E-state index < -0.39 is 6.10 Å². The van der Waals surface area contributed by atoms with Gasteiger partial charge in [-0.15, -0.1) is 0 Å². The minimum Gasteiger partial charge on any atom is -0.462 e. The van der Waals surface area contributed by atoms with E-state index in [2.05, 4.69) is 45.1 Å². The van der Waals surface area contributed by atoms with E-state index in [4.69, 9.17) is 14.2 Å². The predicted octanol–water partition coefficient (Wildman–Crippen LogP) is 20.3. The number of unbranched alkanes of at least 4 members (excludes halogenated alkanes) is 41. The molecule has 1 atom stereocenters. The predicted molar refractivity (Wildman–Crippen MR) is 293 cm³/mol. The fourth-order valence-electron chi connectivity index (χ4n) is 9.08. The molecule has 6 nitrogen and oxygen atoms in total. The molecule has 0 aliphatic heterocycles. The Labute approximate surface area is 423 Å². The van der Waals surface area contributed by atoms with Crippen LogP contribution >= 0.6 is 0 Å². The molecule has 0 aromatic carbocycles. The molecule has 0 aromatic rings. The van der Waals surface area contributed by atoms with Crippen LogP contribution in [0.25, 0.3) is 0 Å². The van der Waals surface area contributed by atoms with Crippen molar-refractivity contribution in [2.24, 2.45) is 0 Å². The Bertz CT molecular complexity index is 1100. The second kappa shape index (κ2) is 57.5. The summed E-state index contributed by atoms with van der Waals surface area (Å²) < 4.78 is 16.7. The van der Waals surface area contributed by atoms with Crippen molar-refractivity contribution in [2.45, 2.75) is 341 Å². The van der Waals surface area contributed by atoms with Crippen molar-refractivity contribution in [1.82, 2.24) is 0 Å². The van der Waals surface area contributed by atoms with Crippen molar-refractivity contribution in [3.05, 3.63) is 24.3 Å². The largest absolute Gasteiger partial charge is 0.462 e. The van der Waals surface area contributed by atoms with Gasteiger partial charge in [-0.1, -0.05) is 270 Å². The molecule has 400 valence electrons. The number of carbonyl (C=O) groups excluding carboxylic acids is 3. The molecule has 0 spiro atoms. The van der Waals surface area contributed by atoms with Crippen molar-refractivity contribution in [2.75, 3.05) is 13.2 Å². The molecule has 0 fully saturated rings. The van der Waals surface area contributed by atoms with E-state index in [1.165, 1.54) is 225 Å². The smallest absolute Gasteiger partial charge is 0.306 e. The minimum atomic E-state index is -0.768. The van der Waals surface area contributed by atoms with E-state index in [1.807, 2.05) is 0 Å². The van der Waals surface area contributed by atoms with Crippen LogP contribution in [0.3, 0.4) is 0 Å². The van der Waals surface area contributed by atoms with Crippen LogP contribution in [-0.2, 0) is 28.6 Å². The van der Waals surface area contributed by atoms with Crippen LogP contribution in [0.5, 0.6) is 0 Å². The van der Waals surface area contributed by atoms with Gasteiger partial charge in [0.05, 0.1) is 0 Å². The summed E-state index contributed by atoms with van der Waals surface area (Å²) in [6.07, 6.45) is 68.1. The summed E-state index contributed by atoms with van der Waals surface area (Å²) in [5, 5.41) is 0. The first-order valence-corrected chi connectivity index (χ1v) is 30.3. The van der Waals surface area contributed by atoms with E-state index in [1.54, 1.807) is 0 Å². The summed E-state index contributed by atoms with van der Waals surface area (Å²) in [5.74, 6) is -0.876. The lowest BCUT2D eigenvalue weighted by Gasteiger charge is -2.18. The summed E-state index contributed by atoms with van der Waals surface area (Å²) in [6, 6.07) is 0. The Morgan fingerprint density at radius 2 is 0.485 bits per heavy atom.